The second-order valence-electron chi connectivity index (χ2n) is 4.80. The second kappa shape index (κ2) is 4.87. The standard InChI is InChI=1S/C12H16BrNO2/c1-12(2,3)10(14-11(15)16)8-5-4-6-9(13)7-8/h4-7,10,14H,1-3H3,(H,15,16). The summed E-state index contributed by atoms with van der Waals surface area (Å²) in [4.78, 5) is 10.8. The summed E-state index contributed by atoms with van der Waals surface area (Å²) in [5.74, 6) is 0. The molecule has 0 bridgehead atoms. The minimum Gasteiger partial charge on any atom is -0.465 e. The molecular formula is C12H16BrNO2. The quantitative estimate of drug-likeness (QED) is 0.868. The average Bonchev–Trinajstić information content (AvgIpc) is 2.12. The second-order valence-corrected chi connectivity index (χ2v) is 5.72. The van der Waals surface area contributed by atoms with E-state index in [1.54, 1.807) is 0 Å². The third-order valence-corrected chi connectivity index (χ3v) is 2.81. The highest BCUT2D eigenvalue weighted by Gasteiger charge is 2.27. The van der Waals surface area contributed by atoms with Crippen LogP contribution in [-0.2, 0) is 0 Å². The fourth-order valence-corrected chi connectivity index (χ4v) is 2.03. The van der Waals surface area contributed by atoms with Gasteiger partial charge in [0.1, 0.15) is 0 Å². The van der Waals surface area contributed by atoms with Crippen molar-refractivity contribution in [1.29, 1.82) is 0 Å². The minimum atomic E-state index is -1.00. The third-order valence-electron chi connectivity index (χ3n) is 2.32. The lowest BCUT2D eigenvalue weighted by Crippen LogP contribution is -2.35. The lowest BCUT2D eigenvalue weighted by molar-refractivity contribution is 0.175. The Hall–Kier alpha value is -1.03. The van der Waals surface area contributed by atoms with Crippen LogP contribution in [0, 0.1) is 5.41 Å². The first-order chi connectivity index (χ1) is 7.30. The van der Waals surface area contributed by atoms with Crippen LogP contribution in [0.2, 0.25) is 0 Å². The molecule has 1 atom stereocenters. The molecule has 0 spiro atoms. The molecule has 1 aromatic carbocycles. The molecule has 0 radical (unpaired) electrons. The van der Waals surface area contributed by atoms with E-state index in [4.69, 9.17) is 5.11 Å². The van der Waals surface area contributed by atoms with Gasteiger partial charge in [-0.25, -0.2) is 4.79 Å². The molecule has 4 heteroatoms. The highest BCUT2D eigenvalue weighted by Crippen LogP contribution is 2.33. The summed E-state index contributed by atoms with van der Waals surface area (Å²) in [6, 6.07) is 7.47. The van der Waals surface area contributed by atoms with E-state index in [0.29, 0.717) is 0 Å². The van der Waals surface area contributed by atoms with E-state index >= 15 is 0 Å². The van der Waals surface area contributed by atoms with Gasteiger partial charge < -0.3 is 10.4 Å². The van der Waals surface area contributed by atoms with E-state index in [-0.39, 0.29) is 11.5 Å². The number of amides is 1. The maximum atomic E-state index is 10.8. The molecule has 1 unspecified atom stereocenters. The van der Waals surface area contributed by atoms with Crippen molar-refractivity contribution >= 4 is 22.0 Å². The smallest absolute Gasteiger partial charge is 0.405 e. The summed E-state index contributed by atoms with van der Waals surface area (Å²) in [7, 11) is 0. The van der Waals surface area contributed by atoms with Crippen LogP contribution >= 0.6 is 15.9 Å². The van der Waals surface area contributed by atoms with Crippen molar-refractivity contribution in [2.45, 2.75) is 26.8 Å². The van der Waals surface area contributed by atoms with Crippen molar-refractivity contribution in [2.75, 3.05) is 0 Å². The Morgan fingerprint density at radius 1 is 1.44 bits per heavy atom. The monoisotopic (exact) mass is 285 g/mol. The number of halogens is 1. The van der Waals surface area contributed by atoms with Gasteiger partial charge in [0.05, 0.1) is 6.04 Å². The van der Waals surface area contributed by atoms with Crippen LogP contribution in [-0.4, -0.2) is 11.2 Å². The highest BCUT2D eigenvalue weighted by molar-refractivity contribution is 9.10. The van der Waals surface area contributed by atoms with Gasteiger partial charge in [-0.15, -0.1) is 0 Å². The first-order valence-electron chi connectivity index (χ1n) is 5.05. The Labute approximate surface area is 104 Å². The van der Waals surface area contributed by atoms with E-state index in [2.05, 4.69) is 21.2 Å². The number of rotatable bonds is 2. The number of hydrogen-bond acceptors (Lipinski definition) is 1. The van der Waals surface area contributed by atoms with Crippen LogP contribution in [0.3, 0.4) is 0 Å². The Morgan fingerprint density at radius 2 is 2.06 bits per heavy atom. The first kappa shape index (κ1) is 13.0. The molecule has 1 amide bonds. The molecule has 16 heavy (non-hydrogen) atoms. The van der Waals surface area contributed by atoms with Crippen LogP contribution in [0.25, 0.3) is 0 Å². The van der Waals surface area contributed by atoms with Crippen molar-refractivity contribution in [3.63, 3.8) is 0 Å². The van der Waals surface area contributed by atoms with Crippen molar-refractivity contribution in [1.82, 2.24) is 5.32 Å². The van der Waals surface area contributed by atoms with Gasteiger partial charge in [0.2, 0.25) is 0 Å². The van der Waals surface area contributed by atoms with E-state index < -0.39 is 6.09 Å². The van der Waals surface area contributed by atoms with Crippen LogP contribution in [0.1, 0.15) is 32.4 Å². The molecule has 0 fully saturated rings. The van der Waals surface area contributed by atoms with E-state index in [1.165, 1.54) is 0 Å². The molecule has 0 saturated heterocycles. The van der Waals surface area contributed by atoms with Gasteiger partial charge in [0.25, 0.3) is 0 Å². The fourth-order valence-electron chi connectivity index (χ4n) is 1.61. The van der Waals surface area contributed by atoms with Crippen LogP contribution in [0.5, 0.6) is 0 Å². The predicted octanol–water partition coefficient (Wildman–Crippen LogP) is 3.80. The summed E-state index contributed by atoms with van der Waals surface area (Å²) in [6.45, 7) is 6.03. The fraction of sp³-hybridized carbons (Fsp3) is 0.417. The van der Waals surface area contributed by atoms with Crippen molar-refractivity contribution in [2.24, 2.45) is 5.41 Å². The van der Waals surface area contributed by atoms with Gasteiger partial charge in [-0.2, -0.15) is 0 Å². The summed E-state index contributed by atoms with van der Waals surface area (Å²) in [6.07, 6.45) is -1.00. The first-order valence-corrected chi connectivity index (χ1v) is 5.85. The highest BCUT2D eigenvalue weighted by atomic mass is 79.9. The summed E-state index contributed by atoms with van der Waals surface area (Å²) in [5.41, 5.74) is 0.795. The average molecular weight is 286 g/mol. The molecule has 2 N–H and O–H groups in total. The minimum absolute atomic E-state index is 0.167. The lowest BCUT2D eigenvalue weighted by Gasteiger charge is -2.31. The van der Waals surface area contributed by atoms with E-state index in [1.807, 2.05) is 45.0 Å². The van der Waals surface area contributed by atoms with Gasteiger partial charge in [-0.3, -0.25) is 0 Å². The maximum absolute atomic E-state index is 10.8. The molecule has 0 aliphatic carbocycles. The predicted molar refractivity (Wildman–Crippen MR) is 67.5 cm³/mol. The Bertz CT molecular complexity index is 385. The summed E-state index contributed by atoms with van der Waals surface area (Å²) in [5, 5.41) is 11.4. The van der Waals surface area contributed by atoms with Crippen LogP contribution in [0.4, 0.5) is 4.79 Å². The molecule has 3 nitrogen and oxygen atoms in total. The van der Waals surface area contributed by atoms with Gasteiger partial charge in [0, 0.05) is 4.47 Å². The van der Waals surface area contributed by atoms with E-state index in [9.17, 15) is 4.79 Å². The number of carbonyl (C=O) groups is 1. The molecule has 88 valence electrons. The number of hydrogen-bond donors (Lipinski definition) is 2. The topological polar surface area (TPSA) is 49.3 Å². The molecular weight excluding hydrogens is 270 g/mol. The largest absolute Gasteiger partial charge is 0.465 e. The zero-order chi connectivity index (χ0) is 12.3. The zero-order valence-electron chi connectivity index (χ0n) is 9.62. The normalized spacial score (nSPS) is 13.2. The molecule has 0 saturated carbocycles. The van der Waals surface area contributed by atoms with Crippen molar-refractivity contribution in [3.05, 3.63) is 34.3 Å². The summed E-state index contributed by atoms with van der Waals surface area (Å²) >= 11 is 3.39. The Balaban J connectivity index is 3.06. The molecule has 0 aliphatic rings. The molecule has 1 aromatic rings. The van der Waals surface area contributed by atoms with Crippen molar-refractivity contribution < 1.29 is 9.90 Å². The van der Waals surface area contributed by atoms with Crippen molar-refractivity contribution in [3.8, 4) is 0 Å². The molecule has 0 aromatic heterocycles. The number of benzene rings is 1. The van der Waals surface area contributed by atoms with Crippen LogP contribution in [0.15, 0.2) is 28.7 Å². The molecule has 1 rings (SSSR count). The van der Waals surface area contributed by atoms with Gasteiger partial charge in [-0.05, 0) is 23.1 Å². The Kier molecular flexibility index (Phi) is 3.97. The van der Waals surface area contributed by atoms with Gasteiger partial charge >= 0.3 is 6.09 Å². The number of carboxylic acid groups (broad SMARTS) is 1. The lowest BCUT2D eigenvalue weighted by atomic mass is 9.82. The SMILES string of the molecule is CC(C)(C)C(NC(=O)O)c1cccc(Br)c1. The third kappa shape index (κ3) is 3.52. The zero-order valence-corrected chi connectivity index (χ0v) is 11.2. The molecule has 0 heterocycles. The maximum Gasteiger partial charge on any atom is 0.405 e. The summed E-state index contributed by atoms with van der Waals surface area (Å²) < 4.78 is 0.950. The Morgan fingerprint density at radius 3 is 2.50 bits per heavy atom. The molecule has 0 aliphatic heterocycles. The van der Waals surface area contributed by atoms with Gasteiger partial charge in [0.15, 0.2) is 0 Å². The van der Waals surface area contributed by atoms with Crippen LogP contribution < -0.4 is 5.32 Å². The van der Waals surface area contributed by atoms with E-state index in [0.717, 1.165) is 10.0 Å². The van der Waals surface area contributed by atoms with Gasteiger partial charge in [-0.1, -0.05) is 48.8 Å². The number of nitrogens with one attached hydrogen (secondary N) is 1.